The van der Waals surface area contributed by atoms with Crippen LogP contribution in [-0.4, -0.2) is 17.8 Å². The highest BCUT2D eigenvalue weighted by Crippen LogP contribution is 2.51. The molecule has 2 saturated heterocycles. The second-order valence-corrected chi connectivity index (χ2v) is 4.86. The molecule has 3 aliphatic rings. The fourth-order valence-electron chi connectivity index (χ4n) is 3.06. The highest BCUT2D eigenvalue weighted by Gasteiger charge is 2.52. The first-order chi connectivity index (χ1) is 5.76. The number of halogens is 1. The van der Waals surface area contributed by atoms with Gasteiger partial charge in [-0.15, -0.1) is 0 Å². The van der Waals surface area contributed by atoms with Crippen molar-refractivity contribution in [3.8, 4) is 0 Å². The molecule has 2 bridgehead atoms. The summed E-state index contributed by atoms with van der Waals surface area (Å²) in [6.07, 6.45) is 6.32. The Hall–Kier alpha value is -0.110. The molecule has 2 unspecified atom stereocenters. The molecular weight excluding hydrogens is 153 g/mol. The van der Waals surface area contributed by atoms with Gasteiger partial charge in [0, 0.05) is 12.1 Å². The lowest BCUT2D eigenvalue weighted by atomic mass is 9.85. The van der Waals surface area contributed by atoms with Crippen molar-refractivity contribution in [2.75, 3.05) is 0 Å². The highest BCUT2D eigenvalue weighted by molar-refractivity contribution is 5.06. The SMILES string of the molecule is FC1(C2CC2)CC2CCC(C1)N2. The van der Waals surface area contributed by atoms with E-state index in [9.17, 15) is 4.39 Å². The maximum Gasteiger partial charge on any atom is 0.116 e. The fraction of sp³-hybridized carbons (Fsp3) is 1.00. The summed E-state index contributed by atoms with van der Waals surface area (Å²) in [5, 5.41) is 3.49. The van der Waals surface area contributed by atoms with E-state index in [1.165, 1.54) is 12.8 Å². The minimum Gasteiger partial charge on any atom is -0.311 e. The van der Waals surface area contributed by atoms with E-state index in [0.29, 0.717) is 18.0 Å². The van der Waals surface area contributed by atoms with Crippen LogP contribution >= 0.6 is 0 Å². The number of alkyl halides is 1. The number of rotatable bonds is 1. The van der Waals surface area contributed by atoms with Crippen molar-refractivity contribution in [2.45, 2.75) is 56.3 Å². The van der Waals surface area contributed by atoms with Crippen molar-refractivity contribution in [2.24, 2.45) is 5.92 Å². The van der Waals surface area contributed by atoms with E-state index in [-0.39, 0.29) is 0 Å². The molecule has 1 nitrogen and oxygen atoms in total. The predicted octanol–water partition coefficient (Wildman–Crippen LogP) is 2.02. The predicted molar refractivity (Wildman–Crippen MR) is 45.7 cm³/mol. The van der Waals surface area contributed by atoms with Gasteiger partial charge in [0.1, 0.15) is 5.67 Å². The summed E-state index contributed by atoms with van der Waals surface area (Å²) >= 11 is 0. The molecule has 1 saturated carbocycles. The molecule has 2 aliphatic heterocycles. The minimum atomic E-state index is -0.767. The summed E-state index contributed by atoms with van der Waals surface area (Å²) in [6, 6.07) is 1.02. The van der Waals surface area contributed by atoms with Crippen LogP contribution in [0.4, 0.5) is 4.39 Å². The highest BCUT2D eigenvalue weighted by atomic mass is 19.1. The summed E-state index contributed by atoms with van der Waals surface area (Å²) in [7, 11) is 0. The number of hydrogen-bond acceptors (Lipinski definition) is 1. The van der Waals surface area contributed by atoms with Crippen LogP contribution in [0.2, 0.25) is 0 Å². The molecule has 3 rings (SSSR count). The monoisotopic (exact) mass is 169 g/mol. The zero-order valence-corrected chi connectivity index (χ0v) is 7.35. The van der Waals surface area contributed by atoms with E-state index in [2.05, 4.69) is 5.32 Å². The Balaban J connectivity index is 1.80. The van der Waals surface area contributed by atoms with E-state index in [1.54, 1.807) is 0 Å². The van der Waals surface area contributed by atoms with Crippen LogP contribution in [0.3, 0.4) is 0 Å². The summed E-state index contributed by atoms with van der Waals surface area (Å²) < 4.78 is 14.3. The third-order valence-corrected chi connectivity index (χ3v) is 3.82. The normalized spacial score (nSPS) is 52.8. The summed E-state index contributed by atoms with van der Waals surface area (Å²) in [5.74, 6) is 0.433. The summed E-state index contributed by atoms with van der Waals surface area (Å²) in [4.78, 5) is 0. The molecule has 0 amide bonds. The molecule has 2 heterocycles. The van der Waals surface area contributed by atoms with Gasteiger partial charge in [-0.3, -0.25) is 0 Å². The van der Waals surface area contributed by atoms with Gasteiger partial charge in [0.05, 0.1) is 0 Å². The molecule has 1 N–H and O–H groups in total. The summed E-state index contributed by atoms with van der Waals surface area (Å²) in [5.41, 5.74) is -0.767. The van der Waals surface area contributed by atoms with Crippen molar-refractivity contribution >= 4 is 0 Å². The fourth-order valence-corrected chi connectivity index (χ4v) is 3.06. The van der Waals surface area contributed by atoms with Gasteiger partial charge < -0.3 is 5.32 Å². The van der Waals surface area contributed by atoms with Gasteiger partial charge in [-0.2, -0.15) is 0 Å². The Morgan fingerprint density at radius 1 is 1.00 bits per heavy atom. The van der Waals surface area contributed by atoms with Crippen molar-refractivity contribution in [3.05, 3.63) is 0 Å². The van der Waals surface area contributed by atoms with Gasteiger partial charge in [0.2, 0.25) is 0 Å². The standard InChI is InChI=1S/C10H16FN/c11-10(7-1-2-7)5-8-3-4-9(6-10)12-8/h7-9,12H,1-6H2. The Kier molecular flexibility index (Phi) is 1.35. The lowest BCUT2D eigenvalue weighted by Gasteiger charge is -2.35. The largest absolute Gasteiger partial charge is 0.311 e. The number of fused-ring (bicyclic) bond motifs is 2. The van der Waals surface area contributed by atoms with Gasteiger partial charge in [-0.05, 0) is 44.4 Å². The van der Waals surface area contributed by atoms with E-state index < -0.39 is 5.67 Å². The van der Waals surface area contributed by atoms with Gasteiger partial charge in [0.15, 0.2) is 0 Å². The molecule has 3 fully saturated rings. The van der Waals surface area contributed by atoms with E-state index >= 15 is 0 Å². The molecular formula is C10H16FN. The average molecular weight is 169 g/mol. The lowest BCUT2D eigenvalue weighted by Crippen LogP contribution is -2.47. The van der Waals surface area contributed by atoms with Crippen molar-refractivity contribution in [1.29, 1.82) is 0 Å². The van der Waals surface area contributed by atoms with E-state index in [4.69, 9.17) is 0 Å². The zero-order chi connectivity index (χ0) is 8.18. The minimum absolute atomic E-state index is 0.433. The molecule has 0 aromatic heterocycles. The Morgan fingerprint density at radius 3 is 2.08 bits per heavy atom. The maximum absolute atomic E-state index is 14.3. The first-order valence-electron chi connectivity index (χ1n) is 5.21. The number of hydrogen-bond donors (Lipinski definition) is 1. The smallest absolute Gasteiger partial charge is 0.116 e. The van der Waals surface area contributed by atoms with Crippen LogP contribution < -0.4 is 5.32 Å². The third-order valence-electron chi connectivity index (χ3n) is 3.82. The van der Waals surface area contributed by atoms with Crippen molar-refractivity contribution in [1.82, 2.24) is 5.32 Å². The van der Waals surface area contributed by atoms with Gasteiger partial charge >= 0.3 is 0 Å². The van der Waals surface area contributed by atoms with E-state index in [0.717, 1.165) is 25.7 Å². The molecule has 2 atom stereocenters. The Morgan fingerprint density at radius 2 is 1.58 bits per heavy atom. The molecule has 1 aliphatic carbocycles. The maximum atomic E-state index is 14.3. The number of nitrogens with one attached hydrogen (secondary N) is 1. The van der Waals surface area contributed by atoms with Crippen LogP contribution in [0.25, 0.3) is 0 Å². The van der Waals surface area contributed by atoms with Crippen molar-refractivity contribution < 1.29 is 4.39 Å². The molecule has 0 spiro atoms. The van der Waals surface area contributed by atoms with E-state index in [1.807, 2.05) is 0 Å². The van der Waals surface area contributed by atoms with Crippen LogP contribution in [0.15, 0.2) is 0 Å². The Bertz CT molecular complexity index is 188. The first-order valence-corrected chi connectivity index (χ1v) is 5.21. The molecule has 0 aromatic rings. The van der Waals surface area contributed by atoms with Crippen LogP contribution in [0, 0.1) is 5.92 Å². The Labute approximate surface area is 72.7 Å². The van der Waals surface area contributed by atoms with Crippen LogP contribution in [0.5, 0.6) is 0 Å². The molecule has 68 valence electrons. The quantitative estimate of drug-likeness (QED) is 0.633. The third kappa shape index (κ3) is 1.00. The topological polar surface area (TPSA) is 12.0 Å². The second kappa shape index (κ2) is 2.22. The lowest BCUT2D eigenvalue weighted by molar-refractivity contribution is 0.0653. The molecule has 0 aromatic carbocycles. The number of piperidine rings is 1. The molecule has 2 heteroatoms. The van der Waals surface area contributed by atoms with Gasteiger partial charge in [-0.1, -0.05) is 0 Å². The first kappa shape index (κ1) is 7.31. The van der Waals surface area contributed by atoms with Crippen molar-refractivity contribution in [3.63, 3.8) is 0 Å². The second-order valence-electron chi connectivity index (χ2n) is 4.86. The molecule has 12 heavy (non-hydrogen) atoms. The molecule has 0 radical (unpaired) electrons. The van der Waals surface area contributed by atoms with Gasteiger partial charge in [-0.25, -0.2) is 4.39 Å². The van der Waals surface area contributed by atoms with Crippen LogP contribution in [-0.2, 0) is 0 Å². The summed E-state index contributed by atoms with van der Waals surface area (Å²) in [6.45, 7) is 0. The zero-order valence-electron chi connectivity index (χ0n) is 7.35. The van der Waals surface area contributed by atoms with Gasteiger partial charge in [0.25, 0.3) is 0 Å². The average Bonchev–Trinajstić information content (AvgIpc) is 2.79. The van der Waals surface area contributed by atoms with Crippen LogP contribution in [0.1, 0.15) is 38.5 Å².